The van der Waals surface area contributed by atoms with Crippen LogP contribution in [0.2, 0.25) is 5.02 Å². The molecule has 51 heavy (non-hydrogen) atoms. The number of amides is 3. The Balaban J connectivity index is 1.21. The molecule has 1 aromatic heterocycles. The summed E-state index contributed by atoms with van der Waals surface area (Å²) in [5.41, 5.74) is 0.869. The minimum atomic E-state index is -4.63. The molecule has 2 saturated carbocycles. The summed E-state index contributed by atoms with van der Waals surface area (Å²) in [6, 6.07) is 11.2. The summed E-state index contributed by atoms with van der Waals surface area (Å²) < 4.78 is 48.4. The van der Waals surface area contributed by atoms with Crippen LogP contribution in [0, 0.1) is 5.92 Å². The largest absolute Gasteiger partial charge is 0.467 e. The van der Waals surface area contributed by atoms with Crippen LogP contribution in [0.5, 0.6) is 6.01 Å². The fourth-order valence-corrected chi connectivity index (χ4v) is 5.26. The summed E-state index contributed by atoms with van der Waals surface area (Å²) in [5.74, 6) is -2.80. The number of benzene rings is 2. The van der Waals surface area contributed by atoms with Crippen molar-refractivity contribution in [2.45, 2.75) is 62.8 Å². The summed E-state index contributed by atoms with van der Waals surface area (Å²) in [6.07, 6.45) is -1.25. The molecule has 5 rings (SSSR count). The summed E-state index contributed by atoms with van der Waals surface area (Å²) in [7, 11) is 1.15. The Labute approximate surface area is 295 Å². The van der Waals surface area contributed by atoms with Gasteiger partial charge in [0.1, 0.15) is 6.04 Å². The van der Waals surface area contributed by atoms with Crippen molar-refractivity contribution >= 4 is 52.9 Å². The molecule has 0 radical (unpaired) electrons. The molecule has 0 aliphatic heterocycles. The number of ether oxygens (including phenoxy) is 2. The van der Waals surface area contributed by atoms with Crippen molar-refractivity contribution in [2.75, 3.05) is 30.9 Å². The van der Waals surface area contributed by atoms with Crippen LogP contribution in [0.1, 0.15) is 54.9 Å². The Morgan fingerprint density at radius 1 is 0.941 bits per heavy atom. The molecule has 2 atom stereocenters. The number of nitrogens with one attached hydrogen (secondary N) is 5. The van der Waals surface area contributed by atoms with Crippen LogP contribution in [-0.4, -0.2) is 77.2 Å². The number of hydrogen-bond acceptors (Lipinski definition) is 11. The van der Waals surface area contributed by atoms with Gasteiger partial charge in [-0.05, 0) is 86.9 Å². The highest BCUT2D eigenvalue weighted by Gasteiger charge is 2.45. The number of esters is 1. The van der Waals surface area contributed by atoms with Gasteiger partial charge < -0.3 is 36.1 Å². The number of halogens is 4. The number of carbonyl (C=O) groups excluding carboxylic acids is 4. The topological polar surface area (TPSA) is 186 Å². The Morgan fingerprint density at radius 3 is 2.22 bits per heavy atom. The lowest BCUT2D eigenvalue weighted by Gasteiger charge is -2.19. The predicted molar refractivity (Wildman–Crippen MR) is 178 cm³/mol. The summed E-state index contributed by atoms with van der Waals surface area (Å²) >= 11 is 6.02. The lowest BCUT2D eigenvalue weighted by atomic mass is 10.1. The molecule has 1 heterocycles. The second kappa shape index (κ2) is 15.8. The van der Waals surface area contributed by atoms with Crippen LogP contribution >= 0.6 is 11.6 Å². The molecular weight excluding hydrogens is 697 g/mol. The van der Waals surface area contributed by atoms with Crippen molar-refractivity contribution in [2.24, 2.45) is 5.92 Å². The number of alkyl halides is 3. The molecule has 3 aromatic rings. The molecule has 0 bridgehead atoms. The molecule has 2 fully saturated rings. The van der Waals surface area contributed by atoms with E-state index in [-0.39, 0.29) is 36.5 Å². The number of nitrogens with zero attached hydrogens (tertiary/aromatic N) is 3. The van der Waals surface area contributed by atoms with Crippen LogP contribution in [0.3, 0.4) is 0 Å². The van der Waals surface area contributed by atoms with E-state index in [9.17, 15) is 32.3 Å². The van der Waals surface area contributed by atoms with Gasteiger partial charge in [-0.3, -0.25) is 14.4 Å². The lowest BCUT2D eigenvalue weighted by Crippen LogP contribution is -2.47. The lowest BCUT2D eigenvalue weighted by molar-refractivity contribution is -0.154. The Kier molecular flexibility index (Phi) is 11.5. The van der Waals surface area contributed by atoms with Gasteiger partial charge in [-0.1, -0.05) is 23.7 Å². The number of rotatable bonds is 15. The van der Waals surface area contributed by atoms with E-state index in [0.717, 1.165) is 25.5 Å². The normalized spacial score (nSPS) is 15.8. The summed E-state index contributed by atoms with van der Waals surface area (Å²) in [6.45, 7) is 0.123. The van der Waals surface area contributed by atoms with E-state index in [1.807, 2.05) is 19.1 Å². The molecule has 5 N–H and O–H groups in total. The van der Waals surface area contributed by atoms with E-state index in [4.69, 9.17) is 21.1 Å². The van der Waals surface area contributed by atoms with Gasteiger partial charge in [0.2, 0.25) is 11.9 Å². The minimum absolute atomic E-state index is 0.0217. The zero-order valence-electron chi connectivity index (χ0n) is 27.6. The Bertz CT molecular complexity index is 1740. The highest BCUT2D eigenvalue weighted by Crippen LogP contribution is 2.48. The van der Waals surface area contributed by atoms with Crippen molar-refractivity contribution in [3.05, 3.63) is 64.7 Å². The monoisotopic (exact) mass is 732 g/mol. The third-order valence-electron chi connectivity index (χ3n) is 8.28. The number of hydrogen-bond donors (Lipinski definition) is 5. The number of anilines is 3. The smallest absolute Gasteiger partial charge is 0.422 e. The van der Waals surface area contributed by atoms with E-state index in [2.05, 4.69) is 41.5 Å². The first-order valence-corrected chi connectivity index (χ1v) is 16.5. The van der Waals surface area contributed by atoms with Gasteiger partial charge >= 0.3 is 30.0 Å². The van der Waals surface area contributed by atoms with Crippen molar-refractivity contribution in [3.8, 4) is 6.01 Å². The minimum Gasteiger partial charge on any atom is -0.467 e. The molecule has 2 aliphatic carbocycles. The first-order valence-electron chi connectivity index (χ1n) is 16.1. The van der Waals surface area contributed by atoms with Gasteiger partial charge in [0.15, 0.2) is 6.61 Å². The molecule has 14 nitrogen and oxygen atoms in total. The maximum atomic E-state index is 13.0. The second-order valence-electron chi connectivity index (χ2n) is 12.3. The second-order valence-corrected chi connectivity index (χ2v) is 12.7. The molecule has 18 heteroatoms. The van der Waals surface area contributed by atoms with Crippen molar-refractivity contribution in [3.63, 3.8) is 0 Å². The van der Waals surface area contributed by atoms with Crippen molar-refractivity contribution in [1.29, 1.82) is 0 Å². The van der Waals surface area contributed by atoms with Gasteiger partial charge in [0.25, 0.3) is 5.91 Å². The van der Waals surface area contributed by atoms with E-state index in [1.165, 1.54) is 24.3 Å². The highest BCUT2D eigenvalue weighted by atomic mass is 35.5. The Morgan fingerprint density at radius 2 is 1.61 bits per heavy atom. The van der Waals surface area contributed by atoms with Crippen LogP contribution in [-0.2, 0) is 24.7 Å². The molecule has 0 unspecified atom stereocenters. The molecular formula is C33H36ClF3N8O6. The molecule has 3 amide bonds. The van der Waals surface area contributed by atoms with Gasteiger partial charge in [0, 0.05) is 28.9 Å². The molecule has 0 saturated heterocycles. The van der Waals surface area contributed by atoms with Crippen LogP contribution < -0.4 is 31.3 Å². The zero-order valence-corrected chi connectivity index (χ0v) is 28.4. The number of aromatic nitrogens is 3. The van der Waals surface area contributed by atoms with Crippen molar-refractivity contribution in [1.82, 2.24) is 30.9 Å². The van der Waals surface area contributed by atoms with E-state index in [1.54, 1.807) is 12.1 Å². The first-order chi connectivity index (χ1) is 24.2. The summed E-state index contributed by atoms with van der Waals surface area (Å²) in [5, 5.41) is 14.3. The maximum absolute atomic E-state index is 13.0. The SMILES string of the molecule is COC(=O)[C@H](CCNC(=O)C(=O)N[C@H](C)C1CC1)NC(=O)c1ccc(Nc2nc(NC3(c4ccc(Cl)cc4)CC3)nc(OCC(F)(F)F)n2)cc1. The average molecular weight is 733 g/mol. The third kappa shape index (κ3) is 10.7. The van der Waals surface area contributed by atoms with Crippen LogP contribution in [0.25, 0.3) is 0 Å². The zero-order chi connectivity index (χ0) is 36.8. The fourth-order valence-electron chi connectivity index (χ4n) is 5.14. The molecule has 2 aliphatic rings. The van der Waals surface area contributed by atoms with Crippen LogP contribution in [0.15, 0.2) is 48.5 Å². The van der Waals surface area contributed by atoms with E-state index >= 15 is 0 Å². The van der Waals surface area contributed by atoms with Crippen molar-refractivity contribution < 1.29 is 41.8 Å². The van der Waals surface area contributed by atoms with Gasteiger partial charge in [-0.15, -0.1) is 0 Å². The molecule has 272 valence electrons. The Hall–Kier alpha value is -5.19. The highest BCUT2D eigenvalue weighted by molar-refractivity contribution is 6.35. The quantitative estimate of drug-likeness (QED) is 0.112. The molecule has 0 spiro atoms. The maximum Gasteiger partial charge on any atom is 0.422 e. The van der Waals surface area contributed by atoms with E-state index in [0.29, 0.717) is 29.5 Å². The molecule has 2 aromatic carbocycles. The predicted octanol–water partition coefficient (Wildman–Crippen LogP) is 4.00. The van der Waals surface area contributed by atoms with Crippen LogP contribution in [0.4, 0.5) is 30.8 Å². The fraction of sp³-hybridized carbons (Fsp3) is 0.424. The standard InChI is InChI=1S/C33H36ClF3N8O6/c1-18(19-3-4-19)39-27(48)26(47)38-16-13-24(28(49)50-2)41-25(46)20-5-11-23(12-6-20)40-29-42-30(44-31(43-29)51-17-33(35,36)37)45-32(14-15-32)21-7-9-22(34)10-8-21/h5-12,18-19,24H,3-4,13-17H2,1-2H3,(H,38,47)(H,39,48)(H,41,46)(H2,40,42,43,44,45)/t18-,24+/m1/s1. The van der Waals surface area contributed by atoms with Gasteiger partial charge in [-0.2, -0.15) is 28.1 Å². The third-order valence-corrected chi connectivity index (χ3v) is 8.54. The van der Waals surface area contributed by atoms with Gasteiger partial charge in [0.05, 0.1) is 12.6 Å². The number of methoxy groups -OCH3 is 1. The van der Waals surface area contributed by atoms with E-state index < -0.39 is 54.1 Å². The summed E-state index contributed by atoms with van der Waals surface area (Å²) in [4.78, 5) is 62.0. The average Bonchev–Trinajstić information content (AvgIpc) is 4.03. The van der Waals surface area contributed by atoms with Gasteiger partial charge in [-0.25, -0.2) is 4.79 Å². The number of carbonyl (C=O) groups is 4. The first kappa shape index (κ1) is 37.1.